The van der Waals surface area contributed by atoms with Crippen LogP contribution in [-0.4, -0.2) is 16.6 Å². The summed E-state index contributed by atoms with van der Waals surface area (Å²) in [4.78, 5) is 3.91. The Bertz CT molecular complexity index is 341. The smallest absolute Gasteiger partial charge is 0.171 e. The third-order valence-corrected chi connectivity index (χ3v) is 1.96. The van der Waals surface area contributed by atoms with E-state index in [1.807, 2.05) is 0 Å². The first-order chi connectivity index (χ1) is 6.74. The summed E-state index contributed by atoms with van der Waals surface area (Å²) in [6.45, 7) is 4.18. The lowest BCUT2D eigenvalue weighted by Crippen LogP contribution is -2.28. The summed E-state index contributed by atoms with van der Waals surface area (Å²) in [7, 11) is 0. The van der Waals surface area contributed by atoms with Crippen LogP contribution < -0.4 is 10.6 Å². The Hall–Kier alpha value is -1.13. The van der Waals surface area contributed by atoms with E-state index in [1.165, 1.54) is 0 Å². The van der Waals surface area contributed by atoms with E-state index >= 15 is 0 Å². The summed E-state index contributed by atoms with van der Waals surface area (Å²) in [5.74, 6) is 0. The van der Waals surface area contributed by atoms with Crippen molar-refractivity contribution in [2.24, 2.45) is 0 Å². The topological polar surface area (TPSA) is 37.0 Å². The standard InChI is InChI=1S/C9H10ClN3S/c1-2-5-12-9(14)13-7-4-3-6-11-8(7)10/h2-4,6H,1,5H2,(H2,12,13,14). The lowest BCUT2D eigenvalue weighted by Gasteiger charge is -2.09. The molecular weight excluding hydrogens is 218 g/mol. The Labute approximate surface area is 93.2 Å². The summed E-state index contributed by atoms with van der Waals surface area (Å²) >= 11 is 10.8. The van der Waals surface area contributed by atoms with Crippen LogP contribution in [0.2, 0.25) is 5.15 Å². The Morgan fingerprint density at radius 3 is 3.14 bits per heavy atom. The number of nitrogens with zero attached hydrogens (tertiary/aromatic N) is 1. The predicted octanol–water partition coefficient (Wildman–Crippen LogP) is 2.21. The highest BCUT2D eigenvalue weighted by atomic mass is 35.5. The summed E-state index contributed by atoms with van der Waals surface area (Å²) in [5.41, 5.74) is 0.690. The molecule has 0 fully saturated rings. The van der Waals surface area contributed by atoms with E-state index in [9.17, 15) is 0 Å². The highest BCUT2D eigenvalue weighted by Crippen LogP contribution is 2.16. The van der Waals surface area contributed by atoms with E-state index < -0.39 is 0 Å². The summed E-state index contributed by atoms with van der Waals surface area (Å²) < 4.78 is 0. The Morgan fingerprint density at radius 2 is 2.50 bits per heavy atom. The lowest BCUT2D eigenvalue weighted by atomic mass is 10.4. The van der Waals surface area contributed by atoms with E-state index in [1.54, 1.807) is 24.4 Å². The fourth-order valence-corrected chi connectivity index (χ4v) is 1.17. The van der Waals surface area contributed by atoms with Gasteiger partial charge in [0.15, 0.2) is 10.3 Å². The molecular formula is C9H10ClN3S. The molecule has 1 aromatic heterocycles. The van der Waals surface area contributed by atoms with Crippen LogP contribution in [0.4, 0.5) is 5.69 Å². The largest absolute Gasteiger partial charge is 0.359 e. The third-order valence-electron chi connectivity index (χ3n) is 1.41. The monoisotopic (exact) mass is 227 g/mol. The minimum Gasteiger partial charge on any atom is -0.359 e. The van der Waals surface area contributed by atoms with Crippen LogP contribution in [0.1, 0.15) is 0 Å². The number of hydrogen-bond acceptors (Lipinski definition) is 2. The summed E-state index contributed by atoms with van der Waals surface area (Å²) in [6, 6.07) is 3.58. The van der Waals surface area contributed by atoms with Crippen molar-refractivity contribution < 1.29 is 0 Å². The second-order valence-corrected chi connectivity index (χ2v) is 3.23. The molecule has 0 aromatic carbocycles. The zero-order valence-corrected chi connectivity index (χ0v) is 9.03. The molecule has 74 valence electrons. The van der Waals surface area contributed by atoms with Crippen molar-refractivity contribution in [1.82, 2.24) is 10.3 Å². The first-order valence-electron chi connectivity index (χ1n) is 4.00. The predicted molar refractivity (Wildman–Crippen MR) is 63.7 cm³/mol. The molecule has 1 rings (SSSR count). The zero-order valence-electron chi connectivity index (χ0n) is 7.46. The van der Waals surface area contributed by atoms with Gasteiger partial charge in [-0.15, -0.1) is 6.58 Å². The van der Waals surface area contributed by atoms with Crippen LogP contribution in [0.3, 0.4) is 0 Å². The molecule has 1 aromatic rings. The number of thiocarbonyl (C=S) groups is 1. The van der Waals surface area contributed by atoms with Crippen molar-refractivity contribution >= 4 is 34.6 Å². The van der Waals surface area contributed by atoms with E-state index in [0.29, 0.717) is 22.5 Å². The second kappa shape index (κ2) is 5.57. The fraction of sp³-hybridized carbons (Fsp3) is 0.111. The third kappa shape index (κ3) is 3.32. The SMILES string of the molecule is C=CCNC(=S)Nc1cccnc1Cl. The molecule has 0 aliphatic heterocycles. The fourth-order valence-electron chi connectivity index (χ4n) is 0.811. The van der Waals surface area contributed by atoms with E-state index in [-0.39, 0.29) is 0 Å². The van der Waals surface area contributed by atoms with Crippen molar-refractivity contribution in [2.45, 2.75) is 0 Å². The first-order valence-corrected chi connectivity index (χ1v) is 4.79. The van der Waals surface area contributed by atoms with Crippen LogP contribution in [0, 0.1) is 0 Å². The van der Waals surface area contributed by atoms with E-state index in [2.05, 4.69) is 22.2 Å². The summed E-state index contributed by atoms with van der Waals surface area (Å²) in [6.07, 6.45) is 3.34. The average molecular weight is 228 g/mol. The van der Waals surface area contributed by atoms with Gasteiger partial charge in [-0.3, -0.25) is 0 Å². The molecule has 14 heavy (non-hydrogen) atoms. The van der Waals surface area contributed by atoms with Crippen molar-refractivity contribution in [3.05, 3.63) is 36.1 Å². The first kappa shape index (κ1) is 10.9. The van der Waals surface area contributed by atoms with Crippen molar-refractivity contribution in [1.29, 1.82) is 0 Å². The van der Waals surface area contributed by atoms with Gasteiger partial charge in [-0.25, -0.2) is 4.98 Å². The normalized spacial score (nSPS) is 9.21. The molecule has 2 N–H and O–H groups in total. The van der Waals surface area contributed by atoms with Crippen LogP contribution in [-0.2, 0) is 0 Å². The molecule has 0 saturated heterocycles. The second-order valence-electron chi connectivity index (χ2n) is 2.47. The molecule has 0 saturated carbocycles. The maximum atomic E-state index is 5.82. The van der Waals surface area contributed by atoms with Crippen LogP contribution in [0.15, 0.2) is 31.0 Å². The molecule has 0 atom stereocenters. The zero-order chi connectivity index (χ0) is 10.4. The van der Waals surface area contributed by atoms with Gasteiger partial charge in [-0.1, -0.05) is 17.7 Å². The van der Waals surface area contributed by atoms with Gasteiger partial charge >= 0.3 is 0 Å². The number of hydrogen-bond donors (Lipinski definition) is 2. The van der Waals surface area contributed by atoms with Crippen LogP contribution in [0.25, 0.3) is 0 Å². The van der Waals surface area contributed by atoms with Gasteiger partial charge < -0.3 is 10.6 Å². The van der Waals surface area contributed by atoms with Gasteiger partial charge in [0, 0.05) is 12.7 Å². The van der Waals surface area contributed by atoms with Gasteiger partial charge in [0.2, 0.25) is 0 Å². The number of anilines is 1. The molecule has 0 unspecified atom stereocenters. The van der Waals surface area contributed by atoms with Crippen molar-refractivity contribution in [3.63, 3.8) is 0 Å². The van der Waals surface area contributed by atoms with Crippen LogP contribution in [0.5, 0.6) is 0 Å². The van der Waals surface area contributed by atoms with Crippen molar-refractivity contribution in [3.8, 4) is 0 Å². The molecule has 0 spiro atoms. The number of nitrogens with one attached hydrogen (secondary N) is 2. The quantitative estimate of drug-likeness (QED) is 0.472. The molecule has 5 heteroatoms. The maximum absolute atomic E-state index is 5.82. The molecule has 0 radical (unpaired) electrons. The molecule has 0 bridgehead atoms. The van der Waals surface area contributed by atoms with Gasteiger partial charge in [0.05, 0.1) is 5.69 Å². The number of halogens is 1. The van der Waals surface area contributed by atoms with Crippen molar-refractivity contribution in [2.75, 3.05) is 11.9 Å². The van der Waals surface area contributed by atoms with E-state index in [4.69, 9.17) is 23.8 Å². The van der Waals surface area contributed by atoms with E-state index in [0.717, 1.165) is 0 Å². The van der Waals surface area contributed by atoms with Gasteiger partial charge in [0.1, 0.15) is 0 Å². The van der Waals surface area contributed by atoms with Crippen LogP contribution >= 0.6 is 23.8 Å². The highest BCUT2D eigenvalue weighted by Gasteiger charge is 2.00. The molecule has 0 aliphatic rings. The molecule has 0 aliphatic carbocycles. The molecule has 1 heterocycles. The maximum Gasteiger partial charge on any atom is 0.171 e. The Balaban J connectivity index is 2.56. The lowest BCUT2D eigenvalue weighted by molar-refractivity contribution is 1.06. The van der Waals surface area contributed by atoms with Gasteiger partial charge in [-0.05, 0) is 24.4 Å². The minimum atomic E-state index is 0.398. The van der Waals surface area contributed by atoms with Gasteiger partial charge in [-0.2, -0.15) is 0 Å². The number of pyridine rings is 1. The highest BCUT2D eigenvalue weighted by molar-refractivity contribution is 7.80. The number of aromatic nitrogens is 1. The number of rotatable bonds is 3. The Morgan fingerprint density at radius 1 is 1.71 bits per heavy atom. The molecule has 3 nitrogen and oxygen atoms in total. The average Bonchev–Trinajstić information content (AvgIpc) is 2.18. The molecule has 0 amide bonds. The van der Waals surface area contributed by atoms with Gasteiger partial charge in [0.25, 0.3) is 0 Å². The minimum absolute atomic E-state index is 0.398. The summed E-state index contributed by atoms with van der Waals surface area (Å²) in [5, 5.41) is 6.75. The Kier molecular flexibility index (Phi) is 4.35.